The van der Waals surface area contributed by atoms with Crippen LogP contribution in [0.25, 0.3) is 0 Å². The van der Waals surface area contributed by atoms with E-state index in [1.54, 1.807) is 12.1 Å². The lowest BCUT2D eigenvalue weighted by Gasteiger charge is -2.20. The van der Waals surface area contributed by atoms with E-state index in [4.69, 9.17) is 21.2 Å². The van der Waals surface area contributed by atoms with Crippen LogP contribution in [0.15, 0.2) is 42.5 Å². The van der Waals surface area contributed by atoms with Crippen molar-refractivity contribution in [1.29, 1.82) is 0 Å². The van der Waals surface area contributed by atoms with Crippen LogP contribution in [0, 0.1) is 0 Å². The fourth-order valence-electron chi connectivity index (χ4n) is 2.33. The Morgan fingerprint density at radius 2 is 2.00 bits per heavy atom. The summed E-state index contributed by atoms with van der Waals surface area (Å²) < 4.78 is 5.66. The van der Waals surface area contributed by atoms with Gasteiger partial charge in [-0.05, 0) is 54.3 Å². The van der Waals surface area contributed by atoms with Gasteiger partial charge in [-0.2, -0.15) is 5.48 Å². The van der Waals surface area contributed by atoms with Crippen LogP contribution in [0.3, 0.4) is 0 Å². The van der Waals surface area contributed by atoms with Crippen molar-refractivity contribution >= 4 is 11.6 Å². The van der Waals surface area contributed by atoms with E-state index in [0.717, 1.165) is 30.9 Å². The van der Waals surface area contributed by atoms with Crippen LogP contribution in [0.5, 0.6) is 11.5 Å². The smallest absolute Gasteiger partial charge is 0.147 e. The number of hydrogen-bond donors (Lipinski definition) is 1. The summed E-state index contributed by atoms with van der Waals surface area (Å²) in [6, 6.07) is 13.4. The van der Waals surface area contributed by atoms with Crippen LogP contribution < -0.4 is 15.1 Å². The van der Waals surface area contributed by atoms with Crippen molar-refractivity contribution in [1.82, 2.24) is 5.48 Å². The van der Waals surface area contributed by atoms with Crippen molar-refractivity contribution in [2.75, 3.05) is 6.61 Å². The predicted octanol–water partition coefficient (Wildman–Crippen LogP) is 3.75. The first kappa shape index (κ1) is 13.3. The summed E-state index contributed by atoms with van der Waals surface area (Å²) in [4.78, 5) is 5.51. The predicted molar refractivity (Wildman–Crippen MR) is 79.2 cm³/mol. The van der Waals surface area contributed by atoms with Gasteiger partial charge in [-0.3, -0.25) is 0 Å². The second-order valence-corrected chi connectivity index (χ2v) is 5.16. The summed E-state index contributed by atoms with van der Waals surface area (Å²) in [5.41, 5.74) is 5.49. The van der Waals surface area contributed by atoms with E-state index in [1.807, 2.05) is 24.3 Å². The Morgan fingerprint density at radius 3 is 2.85 bits per heavy atom. The van der Waals surface area contributed by atoms with Gasteiger partial charge in [0.2, 0.25) is 0 Å². The molecule has 1 heterocycles. The molecule has 2 aromatic rings. The van der Waals surface area contributed by atoms with Gasteiger partial charge in [0.25, 0.3) is 0 Å². The number of halogens is 1. The van der Waals surface area contributed by atoms with Crippen LogP contribution in [-0.4, -0.2) is 6.61 Å². The lowest BCUT2D eigenvalue weighted by atomic mass is 10.0. The molecule has 0 saturated heterocycles. The van der Waals surface area contributed by atoms with Gasteiger partial charge in [0, 0.05) is 5.02 Å². The highest BCUT2D eigenvalue weighted by Gasteiger charge is 2.13. The van der Waals surface area contributed by atoms with E-state index in [-0.39, 0.29) is 0 Å². The average molecular weight is 290 g/mol. The van der Waals surface area contributed by atoms with Gasteiger partial charge >= 0.3 is 0 Å². The summed E-state index contributed by atoms with van der Waals surface area (Å²) in [6.07, 6.45) is 2.14. The minimum atomic E-state index is 0.648. The summed E-state index contributed by atoms with van der Waals surface area (Å²) >= 11 is 5.83. The van der Waals surface area contributed by atoms with Gasteiger partial charge in [0.05, 0.1) is 13.2 Å². The lowest BCUT2D eigenvalue weighted by molar-refractivity contribution is 0.189. The van der Waals surface area contributed by atoms with Crippen LogP contribution in [0.2, 0.25) is 5.02 Å². The molecule has 20 heavy (non-hydrogen) atoms. The van der Waals surface area contributed by atoms with Gasteiger partial charge in [-0.1, -0.05) is 23.7 Å². The SMILES string of the molecule is Clc1ccc(ONCc2cccc3c2CCCO3)cc1. The normalized spacial score (nSPS) is 13.4. The lowest BCUT2D eigenvalue weighted by Crippen LogP contribution is -2.20. The molecule has 0 aromatic heterocycles. The molecule has 0 aliphatic carbocycles. The maximum absolute atomic E-state index is 5.83. The number of ether oxygens (including phenoxy) is 1. The Labute approximate surface area is 123 Å². The van der Waals surface area contributed by atoms with E-state index in [9.17, 15) is 0 Å². The highest BCUT2D eigenvalue weighted by molar-refractivity contribution is 6.30. The zero-order valence-corrected chi connectivity index (χ0v) is 11.8. The average Bonchev–Trinajstić information content (AvgIpc) is 2.49. The van der Waals surface area contributed by atoms with Crippen molar-refractivity contribution < 1.29 is 9.57 Å². The van der Waals surface area contributed by atoms with E-state index in [2.05, 4.69) is 11.5 Å². The molecule has 3 rings (SSSR count). The number of benzene rings is 2. The Morgan fingerprint density at radius 1 is 1.15 bits per heavy atom. The Hall–Kier alpha value is -1.71. The molecule has 0 atom stereocenters. The first-order chi connectivity index (χ1) is 9.83. The van der Waals surface area contributed by atoms with Crippen molar-refractivity contribution in [3.8, 4) is 11.5 Å². The van der Waals surface area contributed by atoms with Gasteiger partial charge < -0.3 is 9.57 Å². The van der Waals surface area contributed by atoms with Gasteiger partial charge in [-0.25, -0.2) is 0 Å². The molecule has 1 N–H and O–H groups in total. The van der Waals surface area contributed by atoms with Crippen molar-refractivity contribution in [2.45, 2.75) is 19.4 Å². The summed E-state index contributed by atoms with van der Waals surface area (Å²) in [5.74, 6) is 1.75. The molecule has 0 spiro atoms. The second kappa shape index (κ2) is 6.16. The second-order valence-electron chi connectivity index (χ2n) is 4.72. The Bertz CT molecular complexity index is 584. The summed E-state index contributed by atoms with van der Waals surface area (Å²) in [7, 11) is 0. The maximum Gasteiger partial charge on any atom is 0.147 e. The highest BCUT2D eigenvalue weighted by Crippen LogP contribution is 2.27. The number of rotatable bonds is 4. The molecule has 1 aliphatic heterocycles. The maximum atomic E-state index is 5.83. The van der Waals surface area contributed by atoms with Crippen molar-refractivity contribution in [3.05, 3.63) is 58.6 Å². The monoisotopic (exact) mass is 289 g/mol. The summed E-state index contributed by atoms with van der Waals surface area (Å²) in [5, 5.41) is 0.701. The molecular formula is C16H16ClNO2. The molecule has 0 saturated carbocycles. The number of nitrogens with one attached hydrogen (secondary N) is 1. The van der Waals surface area contributed by atoms with Crippen LogP contribution in [-0.2, 0) is 13.0 Å². The third kappa shape index (κ3) is 3.06. The van der Waals surface area contributed by atoms with E-state index in [1.165, 1.54) is 11.1 Å². The standard InChI is InChI=1S/C16H16ClNO2/c17-13-6-8-14(9-7-13)20-18-11-12-3-1-5-16-15(12)4-2-10-19-16/h1,3,5-9,18H,2,4,10-11H2. The minimum absolute atomic E-state index is 0.648. The van der Waals surface area contributed by atoms with Gasteiger partial charge in [0.15, 0.2) is 0 Å². The first-order valence-electron chi connectivity index (χ1n) is 6.72. The molecule has 3 nitrogen and oxygen atoms in total. The van der Waals surface area contributed by atoms with Crippen molar-refractivity contribution in [2.24, 2.45) is 0 Å². The Kier molecular flexibility index (Phi) is 4.09. The molecule has 0 amide bonds. The largest absolute Gasteiger partial charge is 0.493 e. The third-order valence-corrected chi connectivity index (χ3v) is 3.58. The molecule has 0 radical (unpaired) electrons. The quantitative estimate of drug-likeness (QED) is 0.870. The molecule has 4 heteroatoms. The fourth-order valence-corrected chi connectivity index (χ4v) is 2.45. The molecular weight excluding hydrogens is 274 g/mol. The molecule has 0 unspecified atom stereocenters. The van der Waals surface area contributed by atoms with Gasteiger partial charge in [0.1, 0.15) is 11.5 Å². The zero-order valence-electron chi connectivity index (χ0n) is 11.1. The van der Waals surface area contributed by atoms with E-state index in [0.29, 0.717) is 11.6 Å². The third-order valence-electron chi connectivity index (χ3n) is 3.33. The molecule has 104 valence electrons. The first-order valence-corrected chi connectivity index (χ1v) is 7.09. The molecule has 0 fully saturated rings. The molecule has 2 aromatic carbocycles. The van der Waals surface area contributed by atoms with Crippen LogP contribution >= 0.6 is 11.6 Å². The minimum Gasteiger partial charge on any atom is -0.493 e. The van der Waals surface area contributed by atoms with Crippen LogP contribution in [0.1, 0.15) is 17.5 Å². The van der Waals surface area contributed by atoms with E-state index >= 15 is 0 Å². The number of hydroxylamine groups is 1. The molecule has 0 bridgehead atoms. The zero-order chi connectivity index (χ0) is 13.8. The number of hydrogen-bond acceptors (Lipinski definition) is 3. The van der Waals surface area contributed by atoms with Crippen LogP contribution in [0.4, 0.5) is 0 Å². The number of fused-ring (bicyclic) bond motifs is 1. The topological polar surface area (TPSA) is 30.5 Å². The van der Waals surface area contributed by atoms with Crippen molar-refractivity contribution in [3.63, 3.8) is 0 Å². The van der Waals surface area contributed by atoms with Gasteiger partial charge in [-0.15, -0.1) is 0 Å². The highest BCUT2D eigenvalue weighted by atomic mass is 35.5. The Balaban J connectivity index is 1.62. The molecule has 1 aliphatic rings. The summed E-state index contributed by atoms with van der Waals surface area (Å²) in [6.45, 7) is 1.46. The fraction of sp³-hybridized carbons (Fsp3) is 0.250. The van der Waals surface area contributed by atoms with E-state index < -0.39 is 0 Å².